The summed E-state index contributed by atoms with van der Waals surface area (Å²) in [5.41, 5.74) is 1.69. The van der Waals surface area contributed by atoms with Crippen molar-refractivity contribution in [2.24, 2.45) is 0 Å². The summed E-state index contributed by atoms with van der Waals surface area (Å²) in [6.45, 7) is 1.38. The van der Waals surface area contributed by atoms with Crippen LogP contribution in [0.2, 0.25) is 5.02 Å². The number of para-hydroxylation sites is 1. The Morgan fingerprint density at radius 3 is 2.54 bits per heavy atom. The molecule has 1 aliphatic rings. The van der Waals surface area contributed by atoms with Gasteiger partial charge in [0.15, 0.2) is 11.6 Å². The van der Waals surface area contributed by atoms with Gasteiger partial charge in [-0.15, -0.1) is 0 Å². The monoisotopic (exact) mass is 545 g/mol. The zero-order valence-corrected chi connectivity index (χ0v) is 22.8. The van der Waals surface area contributed by atoms with Gasteiger partial charge in [0.1, 0.15) is 11.5 Å². The normalized spacial score (nSPS) is 13.4. The molecule has 2 aromatic carbocycles. The van der Waals surface area contributed by atoms with Crippen LogP contribution in [0.5, 0.6) is 11.5 Å². The number of carbonyl (C=O) groups is 1. The van der Waals surface area contributed by atoms with Crippen LogP contribution in [0.15, 0.2) is 73.1 Å². The van der Waals surface area contributed by atoms with E-state index in [1.165, 1.54) is 0 Å². The van der Waals surface area contributed by atoms with E-state index in [1.807, 2.05) is 70.2 Å². The summed E-state index contributed by atoms with van der Waals surface area (Å²) in [5, 5.41) is 5.33. The summed E-state index contributed by atoms with van der Waals surface area (Å²) in [5.74, 6) is 2.73. The SMILES string of the molecule is COc1ccc(-c2nc(-c3ccncc3)nn2CCN(C(=O)CCOc2ccccc2)C2CCCC2)cc1Cl. The molecule has 39 heavy (non-hydrogen) atoms. The van der Waals surface area contributed by atoms with E-state index in [9.17, 15) is 4.79 Å². The van der Waals surface area contributed by atoms with Crippen LogP contribution in [0.3, 0.4) is 0 Å². The fourth-order valence-electron chi connectivity index (χ4n) is 4.99. The van der Waals surface area contributed by atoms with Crippen LogP contribution in [0.25, 0.3) is 22.8 Å². The van der Waals surface area contributed by atoms with E-state index in [4.69, 9.17) is 31.2 Å². The van der Waals surface area contributed by atoms with Crippen molar-refractivity contribution in [1.82, 2.24) is 24.6 Å². The molecule has 1 aliphatic carbocycles. The number of pyridine rings is 1. The zero-order chi connectivity index (χ0) is 27.0. The number of benzene rings is 2. The van der Waals surface area contributed by atoms with Crippen molar-refractivity contribution < 1.29 is 14.3 Å². The van der Waals surface area contributed by atoms with Gasteiger partial charge in [-0.3, -0.25) is 9.78 Å². The Balaban J connectivity index is 1.36. The van der Waals surface area contributed by atoms with Gasteiger partial charge in [-0.05, 0) is 55.3 Å². The van der Waals surface area contributed by atoms with Crippen LogP contribution >= 0.6 is 11.6 Å². The topological polar surface area (TPSA) is 82.4 Å². The molecule has 1 amide bonds. The molecule has 0 atom stereocenters. The lowest BCUT2D eigenvalue weighted by Crippen LogP contribution is -2.41. The summed E-state index contributed by atoms with van der Waals surface area (Å²) < 4.78 is 13.0. The molecule has 0 saturated heterocycles. The fourth-order valence-corrected chi connectivity index (χ4v) is 5.24. The third-order valence-corrected chi connectivity index (χ3v) is 7.28. The first-order chi connectivity index (χ1) is 19.1. The summed E-state index contributed by atoms with van der Waals surface area (Å²) in [6.07, 6.45) is 8.08. The van der Waals surface area contributed by atoms with E-state index in [0.29, 0.717) is 48.5 Å². The third-order valence-electron chi connectivity index (χ3n) is 6.99. The second-order valence-electron chi connectivity index (χ2n) is 9.50. The highest BCUT2D eigenvalue weighted by atomic mass is 35.5. The second kappa shape index (κ2) is 12.8. The molecule has 4 aromatic rings. The first-order valence-electron chi connectivity index (χ1n) is 13.3. The minimum atomic E-state index is 0.0985. The molecule has 1 fully saturated rings. The van der Waals surface area contributed by atoms with Gasteiger partial charge in [-0.1, -0.05) is 42.6 Å². The molecule has 0 spiro atoms. The minimum Gasteiger partial charge on any atom is -0.495 e. The van der Waals surface area contributed by atoms with Crippen molar-refractivity contribution in [3.8, 4) is 34.3 Å². The van der Waals surface area contributed by atoms with Gasteiger partial charge in [0.2, 0.25) is 5.91 Å². The number of rotatable bonds is 11. The molecule has 0 unspecified atom stereocenters. The predicted octanol–water partition coefficient (Wildman–Crippen LogP) is 5.91. The molecule has 0 N–H and O–H groups in total. The maximum atomic E-state index is 13.4. The molecular weight excluding hydrogens is 514 g/mol. The molecule has 2 heterocycles. The zero-order valence-electron chi connectivity index (χ0n) is 22.0. The van der Waals surface area contributed by atoms with Gasteiger partial charge in [-0.25, -0.2) is 9.67 Å². The second-order valence-corrected chi connectivity index (χ2v) is 9.91. The van der Waals surface area contributed by atoms with Crippen molar-refractivity contribution in [2.45, 2.75) is 44.7 Å². The number of nitrogens with zero attached hydrogens (tertiary/aromatic N) is 5. The van der Waals surface area contributed by atoms with E-state index in [-0.39, 0.29) is 11.9 Å². The lowest BCUT2D eigenvalue weighted by Gasteiger charge is -2.29. The van der Waals surface area contributed by atoms with Crippen LogP contribution in [0, 0.1) is 0 Å². The van der Waals surface area contributed by atoms with Crippen molar-refractivity contribution >= 4 is 17.5 Å². The van der Waals surface area contributed by atoms with Crippen molar-refractivity contribution in [3.05, 3.63) is 78.1 Å². The highest BCUT2D eigenvalue weighted by molar-refractivity contribution is 6.32. The smallest absolute Gasteiger partial charge is 0.226 e. The van der Waals surface area contributed by atoms with Crippen molar-refractivity contribution in [2.75, 3.05) is 20.3 Å². The number of amides is 1. The molecule has 9 heteroatoms. The highest BCUT2D eigenvalue weighted by Gasteiger charge is 2.27. The molecule has 202 valence electrons. The van der Waals surface area contributed by atoms with Crippen LogP contribution in [0.4, 0.5) is 0 Å². The number of aromatic nitrogens is 4. The highest BCUT2D eigenvalue weighted by Crippen LogP contribution is 2.31. The fraction of sp³-hybridized carbons (Fsp3) is 0.333. The van der Waals surface area contributed by atoms with E-state index in [1.54, 1.807) is 19.5 Å². The van der Waals surface area contributed by atoms with Gasteiger partial charge >= 0.3 is 0 Å². The summed E-state index contributed by atoms with van der Waals surface area (Å²) in [7, 11) is 1.59. The Hall–Kier alpha value is -3.91. The lowest BCUT2D eigenvalue weighted by atomic mass is 10.2. The Labute approximate surface area is 233 Å². The summed E-state index contributed by atoms with van der Waals surface area (Å²) in [6, 6.07) is 19.2. The van der Waals surface area contributed by atoms with E-state index in [0.717, 1.165) is 42.6 Å². The molecule has 5 rings (SSSR count). The molecule has 0 aliphatic heterocycles. The number of methoxy groups -OCH3 is 1. The van der Waals surface area contributed by atoms with E-state index < -0.39 is 0 Å². The molecule has 2 aromatic heterocycles. The maximum Gasteiger partial charge on any atom is 0.226 e. The van der Waals surface area contributed by atoms with Gasteiger partial charge < -0.3 is 14.4 Å². The van der Waals surface area contributed by atoms with E-state index >= 15 is 0 Å². The molecule has 8 nitrogen and oxygen atoms in total. The van der Waals surface area contributed by atoms with Gasteiger partial charge in [0.25, 0.3) is 0 Å². The Morgan fingerprint density at radius 1 is 1.05 bits per heavy atom. The Morgan fingerprint density at radius 2 is 1.82 bits per heavy atom. The van der Waals surface area contributed by atoms with Crippen LogP contribution in [-0.2, 0) is 11.3 Å². The summed E-state index contributed by atoms with van der Waals surface area (Å²) >= 11 is 6.45. The lowest BCUT2D eigenvalue weighted by molar-refractivity contribution is -0.134. The summed E-state index contributed by atoms with van der Waals surface area (Å²) in [4.78, 5) is 24.4. The molecular formula is C30H32ClN5O3. The number of hydrogen-bond acceptors (Lipinski definition) is 6. The van der Waals surface area contributed by atoms with Crippen molar-refractivity contribution in [3.63, 3.8) is 0 Å². The van der Waals surface area contributed by atoms with Crippen molar-refractivity contribution in [1.29, 1.82) is 0 Å². The van der Waals surface area contributed by atoms with Gasteiger partial charge in [0.05, 0.1) is 31.7 Å². The number of hydrogen-bond donors (Lipinski definition) is 0. The third kappa shape index (κ3) is 6.57. The number of ether oxygens (including phenoxy) is 2. The largest absolute Gasteiger partial charge is 0.495 e. The average Bonchev–Trinajstić information content (AvgIpc) is 3.65. The number of halogens is 1. The van der Waals surface area contributed by atoms with Crippen LogP contribution in [0.1, 0.15) is 32.1 Å². The van der Waals surface area contributed by atoms with Gasteiger partial charge in [-0.2, -0.15) is 5.10 Å². The molecule has 0 radical (unpaired) electrons. The predicted molar refractivity (Wildman–Crippen MR) is 151 cm³/mol. The first-order valence-corrected chi connectivity index (χ1v) is 13.7. The number of carbonyl (C=O) groups excluding carboxylic acids is 1. The first kappa shape index (κ1) is 26.7. The van der Waals surface area contributed by atoms with Gasteiger partial charge in [0, 0.05) is 36.1 Å². The quantitative estimate of drug-likeness (QED) is 0.233. The van der Waals surface area contributed by atoms with Crippen LogP contribution in [-0.4, -0.2) is 56.9 Å². The van der Waals surface area contributed by atoms with Crippen LogP contribution < -0.4 is 9.47 Å². The minimum absolute atomic E-state index is 0.0985. The van der Waals surface area contributed by atoms with E-state index in [2.05, 4.69) is 4.98 Å². The Bertz CT molecular complexity index is 1370. The standard InChI is InChI=1S/C30H32ClN5O3/c1-38-27-12-11-23(21-26(27)31)30-33-29(22-13-16-32-17-14-22)34-36(30)19-18-35(24-7-5-6-8-24)28(37)15-20-39-25-9-3-2-4-10-25/h2-4,9-14,16-17,21,24H,5-8,15,18-20H2,1H3. The molecule has 1 saturated carbocycles. The Kier molecular flexibility index (Phi) is 8.73. The molecule has 0 bridgehead atoms. The average molecular weight is 546 g/mol. The maximum absolute atomic E-state index is 13.4.